The molecular formula is C10H12BrN5OS. The van der Waals surface area contributed by atoms with Crippen molar-refractivity contribution in [3.8, 4) is 0 Å². The Kier molecular flexibility index (Phi) is 4.07. The largest absolute Gasteiger partial charge is 0.374 e. The van der Waals surface area contributed by atoms with E-state index in [9.17, 15) is 4.79 Å². The van der Waals surface area contributed by atoms with E-state index < -0.39 is 0 Å². The van der Waals surface area contributed by atoms with Crippen LogP contribution in [0, 0.1) is 6.92 Å². The first-order valence-electron chi connectivity index (χ1n) is 5.40. The molecule has 2 heterocycles. The van der Waals surface area contributed by atoms with E-state index in [0.29, 0.717) is 16.7 Å². The molecule has 0 amide bonds. The normalized spacial score (nSPS) is 10.6. The van der Waals surface area contributed by atoms with Crippen LogP contribution in [0.2, 0.25) is 0 Å². The lowest BCUT2D eigenvalue weighted by molar-refractivity contribution is 0.706. The standard InChI is InChI=1S/C10H12BrN5OS/c1-3-12-9-7(14-15-18-9)4-16-5-13-6(2)8(11)10(16)17/h5,12H,3-4H2,1-2H3. The first-order valence-corrected chi connectivity index (χ1v) is 6.96. The van der Waals surface area contributed by atoms with Crippen LogP contribution >= 0.6 is 27.5 Å². The van der Waals surface area contributed by atoms with Crippen LogP contribution in [0.5, 0.6) is 0 Å². The van der Waals surface area contributed by atoms with Crippen LogP contribution in [0.3, 0.4) is 0 Å². The number of anilines is 1. The second-order valence-electron chi connectivity index (χ2n) is 3.66. The Morgan fingerprint density at radius 1 is 1.56 bits per heavy atom. The van der Waals surface area contributed by atoms with E-state index in [1.54, 1.807) is 6.92 Å². The van der Waals surface area contributed by atoms with Gasteiger partial charge < -0.3 is 5.32 Å². The van der Waals surface area contributed by atoms with Gasteiger partial charge in [0.05, 0.1) is 18.6 Å². The smallest absolute Gasteiger partial charge is 0.268 e. The Labute approximate surface area is 116 Å². The van der Waals surface area contributed by atoms with Crippen LogP contribution in [0.1, 0.15) is 18.3 Å². The number of hydrogen-bond donors (Lipinski definition) is 1. The molecule has 0 atom stereocenters. The van der Waals surface area contributed by atoms with E-state index >= 15 is 0 Å². The van der Waals surface area contributed by atoms with Crippen molar-refractivity contribution in [1.82, 2.24) is 19.1 Å². The van der Waals surface area contributed by atoms with Crippen molar-refractivity contribution in [2.24, 2.45) is 0 Å². The first kappa shape index (κ1) is 13.2. The molecule has 0 bridgehead atoms. The molecule has 18 heavy (non-hydrogen) atoms. The third kappa shape index (κ3) is 2.59. The summed E-state index contributed by atoms with van der Waals surface area (Å²) in [6, 6.07) is 0. The minimum atomic E-state index is -0.113. The van der Waals surface area contributed by atoms with Gasteiger partial charge in [0.15, 0.2) is 0 Å². The molecule has 96 valence electrons. The second kappa shape index (κ2) is 5.57. The van der Waals surface area contributed by atoms with Gasteiger partial charge in [-0.05, 0) is 29.8 Å². The molecular weight excluding hydrogens is 318 g/mol. The third-order valence-corrected chi connectivity index (χ3v) is 4.01. The lowest BCUT2D eigenvalue weighted by Crippen LogP contribution is -2.23. The number of rotatable bonds is 4. The van der Waals surface area contributed by atoms with E-state index in [1.807, 2.05) is 6.92 Å². The molecule has 0 saturated heterocycles. The molecule has 0 saturated carbocycles. The highest BCUT2D eigenvalue weighted by molar-refractivity contribution is 9.10. The summed E-state index contributed by atoms with van der Waals surface area (Å²) < 4.78 is 5.88. The van der Waals surface area contributed by atoms with Gasteiger partial charge in [0.25, 0.3) is 5.56 Å². The minimum Gasteiger partial charge on any atom is -0.374 e. The third-order valence-electron chi connectivity index (χ3n) is 2.37. The summed E-state index contributed by atoms with van der Waals surface area (Å²) in [7, 11) is 0. The molecule has 6 nitrogen and oxygen atoms in total. The summed E-state index contributed by atoms with van der Waals surface area (Å²) in [5.41, 5.74) is 1.32. The number of aromatic nitrogens is 4. The van der Waals surface area contributed by atoms with Gasteiger partial charge in [-0.1, -0.05) is 4.49 Å². The molecule has 0 radical (unpaired) electrons. The molecule has 2 aromatic rings. The van der Waals surface area contributed by atoms with Gasteiger partial charge in [-0.2, -0.15) is 0 Å². The molecule has 0 aromatic carbocycles. The fourth-order valence-corrected chi connectivity index (χ4v) is 2.40. The maximum atomic E-state index is 12.0. The van der Waals surface area contributed by atoms with Crippen LogP contribution in [0.4, 0.5) is 5.00 Å². The number of aryl methyl sites for hydroxylation is 1. The Bertz CT molecular complexity index is 609. The van der Waals surface area contributed by atoms with Gasteiger partial charge in [-0.15, -0.1) is 5.10 Å². The predicted molar refractivity (Wildman–Crippen MR) is 74.1 cm³/mol. The monoisotopic (exact) mass is 329 g/mol. The summed E-state index contributed by atoms with van der Waals surface area (Å²) >= 11 is 4.53. The highest BCUT2D eigenvalue weighted by Gasteiger charge is 2.11. The quantitative estimate of drug-likeness (QED) is 0.923. The van der Waals surface area contributed by atoms with E-state index in [2.05, 4.69) is 35.8 Å². The number of nitrogens with one attached hydrogen (secondary N) is 1. The van der Waals surface area contributed by atoms with Gasteiger partial charge in [0.1, 0.15) is 15.2 Å². The average molecular weight is 330 g/mol. The fourth-order valence-electron chi connectivity index (χ4n) is 1.43. The Morgan fingerprint density at radius 2 is 2.33 bits per heavy atom. The van der Waals surface area contributed by atoms with Crippen molar-refractivity contribution < 1.29 is 0 Å². The van der Waals surface area contributed by atoms with Crippen LogP contribution in [-0.2, 0) is 6.54 Å². The van der Waals surface area contributed by atoms with Crippen molar-refractivity contribution in [3.05, 3.63) is 32.5 Å². The van der Waals surface area contributed by atoms with E-state index in [1.165, 1.54) is 22.4 Å². The van der Waals surface area contributed by atoms with Crippen LogP contribution in [-0.4, -0.2) is 25.7 Å². The van der Waals surface area contributed by atoms with Crippen LogP contribution in [0.25, 0.3) is 0 Å². The molecule has 0 fully saturated rings. The number of hydrogen-bond acceptors (Lipinski definition) is 6. The number of halogens is 1. The van der Waals surface area contributed by atoms with Crippen molar-refractivity contribution in [2.45, 2.75) is 20.4 Å². The molecule has 0 aliphatic carbocycles. The second-order valence-corrected chi connectivity index (χ2v) is 5.20. The van der Waals surface area contributed by atoms with Gasteiger partial charge in [0, 0.05) is 18.1 Å². The van der Waals surface area contributed by atoms with E-state index in [0.717, 1.165) is 17.2 Å². The zero-order valence-corrected chi connectivity index (χ0v) is 12.4. The Hall–Kier alpha value is -1.28. The average Bonchev–Trinajstić information content (AvgIpc) is 2.78. The first-order chi connectivity index (χ1) is 8.63. The van der Waals surface area contributed by atoms with Crippen molar-refractivity contribution in [2.75, 3.05) is 11.9 Å². The Morgan fingerprint density at radius 3 is 3.06 bits per heavy atom. The van der Waals surface area contributed by atoms with Crippen molar-refractivity contribution in [1.29, 1.82) is 0 Å². The number of nitrogens with zero attached hydrogens (tertiary/aromatic N) is 4. The predicted octanol–water partition coefficient (Wildman–Crippen LogP) is 1.65. The highest BCUT2D eigenvalue weighted by atomic mass is 79.9. The summed E-state index contributed by atoms with van der Waals surface area (Å²) in [6.45, 7) is 4.94. The van der Waals surface area contributed by atoms with Gasteiger partial charge in [-0.3, -0.25) is 9.36 Å². The maximum absolute atomic E-state index is 12.0. The molecule has 2 aromatic heterocycles. The van der Waals surface area contributed by atoms with Crippen LogP contribution < -0.4 is 10.9 Å². The lowest BCUT2D eigenvalue weighted by Gasteiger charge is -2.06. The molecule has 0 aliphatic rings. The van der Waals surface area contributed by atoms with E-state index in [4.69, 9.17) is 0 Å². The molecule has 0 unspecified atom stereocenters. The fraction of sp³-hybridized carbons (Fsp3) is 0.400. The summed E-state index contributed by atoms with van der Waals surface area (Å²) in [6.07, 6.45) is 1.53. The zero-order chi connectivity index (χ0) is 13.1. The zero-order valence-electron chi connectivity index (χ0n) is 9.97. The van der Waals surface area contributed by atoms with Gasteiger partial charge in [-0.25, -0.2) is 4.98 Å². The lowest BCUT2D eigenvalue weighted by atomic mass is 10.4. The Balaban J connectivity index is 2.32. The molecule has 1 N–H and O–H groups in total. The van der Waals surface area contributed by atoms with Gasteiger partial charge in [0.2, 0.25) is 0 Å². The van der Waals surface area contributed by atoms with Crippen LogP contribution in [0.15, 0.2) is 15.6 Å². The van der Waals surface area contributed by atoms with E-state index in [-0.39, 0.29) is 5.56 Å². The summed E-state index contributed by atoms with van der Waals surface area (Å²) in [5.74, 6) is 0. The minimum absolute atomic E-state index is 0.113. The highest BCUT2D eigenvalue weighted by Crippen LogP contribution is 2.18. The summed E-state index contributed by atoms with van der Waals surface area (Å²) in [4.78, 5) is 16.1. The van der Waals surface area contributed by atoms with Crippen molar-refractivity contribution >= 4 is 32.5 Å². The molecule has 2 rings (SSSR count). The topological polar surface area (TPSA) is 72.7 Å². The molecule has 0 aliphatic heterocycles. The molecule has 8 heteroatoms. The van der Waals surface area contributed by atoms with Gasteiger partial charge >= 0.3 is 0 Å². The SMILES string of the molecule is CCNc1snnc1Cn1cnc(C)c(Br)c1=O. The molecule has 0 spiro atoms. The van der Waals surface area contributed by atoms with Crippen molar-refractivity contribution in [3.63, 3.8) is 0 Å². The maximum Gasteiger partial charge on any atom is 0.268 e. The summed E-state index contributed by atoms with van der Waals surface area (Å²) in [5, 5.41) is 8.08.